The van der Waals surface area contributed by atoms with E-state index in [9.17, 15) is 4.79 Å². The van der Waals surface area contributed by atoms with Gasteiger partial charge in [-0.15, -0.1) is 11.3 Å². The summed E-state index contributed by atoms with van der Waals surface area (Å²) >= 11 is 1.29. The van der Waals surface area contributed by atoms with E-state index in [-0.39, 0.29) is 0 Å². The van der Waals surface area contributed by atoms with E-state index < -0.39 is 5.91 Å². The van der Waals surface area contributed by atoms with E-state index in [1.807, 2.05) is 30.3 Å². The summed E-state index contributed by atoms with van der Waals surface area (Å²) in [5, 5.41) is 0.784. The number of nitrogens with two attached hydrogens (primary N) is 1. The molecule has 2 aromatic rings. The van der Waals surface area contributed by atoms with Gasteiger partial charge in [0.1, 0.15) is 9.88 Å². The quantitative estimate of drug-likeness (QED) is 0.900. The van der Waals surface area contributed by atoms with E-state index in [0.29, 0.717) is 17.2 Å². The molecule has 2 N–H and O–H groups in total. The van der Waals surface area contributed by atoms with Gasteiger partial charge in [0.15, 0.2) is 0 Å². The van der Waals surface area contributed by atoms with E-state index in [1.54, 1.807) is 7.11 Å². The minimum absolute atomic E-state index is 0.293. The van der Waals surface area contributed by atoms with Crippen molar-refractivity contribution < 1.29 is 9.53 Å². The molecule has 0 unspecified atom stereocenters. The maximum Gasteiger partial charge on any atom is 0.260 e. The molecule has 1 amide bonds. The van der Waals surface area contributed by atoms with Gasteiger partial charge in [0.25, 0.3) is 5.91 Å². The van der Waals surface area contributed by atoms with E-state index in [2.05, 4.69) is 4.98 Å². The highest BCUT2D eigenvalue weighted by atomic mass is 32.1. The third kappa shape index (κ3) is 2.51. The average Bonchev–Trinajstić information content (AvgIpc) is 2.75. The Morgan fingerprint density at radius 1 is 1.41 bits per heavy atom. The van der Waals surface area contributed by atoms with Crippen molar-refractivity contribution in [2.24, 2.45) is 5.73 Å². The molecule has 0 saturated heterocycles. The molecule has 4 nitrogen and oxygen atoms in total. The fraction of sp³-hybridized carbons (Fsp3) is 0.167. The molecule has 0 fully saturated rings. The highest BCUT2D eigenvalue weighted by Gasteiger charge is 2.16. The van der Waals surface area contributed by atoms with Gasteiger partial charge in [0, 0.05) is 12.7 Å². The lowest BCUT2D eigenvalue weighted by atomic mass is 10.2. The van der Waals surface area contributed by atoms with Crippen molar-refractivity contribution >= 4 is 17.2 Å². The number of hydrogen-bond donors (Lipinski definition) is 1. The van der Waals surface area contributed by atoms with Crippen LogP contribution in [0.3, 0.4) is 0 Å². The van der Waals surface area contributed by atoms with E-state index in [0.717, 1.165) is 10.6 Å². The second-order valence-corrected chi connectivity index (χ2v) is 4.46. The topological polar surface area (TPSA) is 65.2 Å². The predicted molar refractivity (Wildman–Crippen MR) is 66.8 cm³/mol. The van der Waals surface area contributed by atoms with Crippen molar-refractivity contribution in [3.8, 4) is 10.6 Å². The molecule has 0 bridgehead atoms. The first-order valence-electron chi connectivity index (χ1n) is 5.06. The molecule has 88 valence electrons. The molecule has 0 spiro atoms. The summed E-state index contributed by atoms with van der Waals surface area (Å²) in [5.41, 5.74) is 6.89. The highest BCUT2D eigenvalue weighted by molar-refractivity contribution is 7.17. The Kier molecular flexibility index (Phi) is 3.51. The third-order valence-electron chi connectivity index (χ3n) is 2.22. The number of benzene rings is 1. The second kappa shape index (κ2) is 5.07. The summed E-state index contributed by atoms with van der Waals surface area (Å²) in [5.74, 6) is -0.461. The summed E-state index contributed by atoms with van der Waals surface area (Å²) in [6, 6.07) is 9.68. The van der Waals surface area contributed by atoms with Gasteiger partial charge in [0.05, 0.1) is 12.3 Å². The molecule has 0 radical (unpaired) electrons. The smallest absolute Gasteiger partial charge is 0.260 e. The maximum absolute atomic E-state index is 11.3. The summed E-state index contributed by atoms with van der Waals surface area (Å²) in [6.07, 6.45) is 0. The maximum atomic E-state index is 11.3. The van der Waals surface area contributed by atoms with Gasteiger partial charge in [-0.3, -0.25) is 4.79 Å². The molecule has 0 atom stereocenters. The highest BCUT2D eigenvalue weighted by Crippen LogP contribution is 2.28. The van der Waals surface area contributed by atoms with Crippen LogP contribution in [0.2, 0.25) is 0 Å². The van der Waals surface area contributed by atoms with Crippen LogP contribution in [0.1, 0.15) is 15.4 Å². The number of carbonyl (C=O) groups excluding carboxylic acids is 1. The van der Waals surface area contributed by atoms with Crippen LogP contribution in [0.25, 0.3) is 10.6 Å². The minimum Gasteiger partial charge on any atom is -0.378 e. The molecule has 17 heavy (non-hydrogen) atoms. The van der Waals surface area contributed by atoms with Gasteiger partial charge in [-0.2, -0.15) is 0 Å². The number of ether oxygens (including phenoxy) is 1. The predicted octanol–water partition coefficient (Wildman–Crippen LogP) is 2.06. The molecular formula is C12H12N2O2S. The summed E-state index contributed by atoms with van der Waals surface area (Å²) in [6.45, 7) is 0.293. The normalized spacial score (nSPS) is 10.4. The zero-order valence-electron chi connectivity index (χ0n) is 9.34. The number of amides is 1. The second-order valence-electron chi connectivity index (χ2n) is 3.46. The van der Waals surface area contributed by atoms with Crippen LogP contribution in [0, 0.1) is 0 Å². The monoisotopic (exact) mass is 248 g/mol. The molecule has 1 aromatic heterocycles. The lowest BCUT2D eigenvalue weighted by Gasteiger charge is -1.95. The zero-order chi connectivity index (χ0) is 12.3. The summed E-state index contributed by atoms with van der Waals surface area (Å²) in [4.78, 5) is 16.1. The fourth-order valence-electron chi connectivity index (χ4n) is 1.48. The van der Waals surface area contributed by atoms with Gasteiger partial charge >= 0.3 is 0 Å². The first-order chi connectivity index (χ1) is 8.22. The Bertz CT molecular complexity index is 523. The SMILES string of the molecule is COCc1nc(-c2ccccc2)sc1C(N)=O. The molecule has 2 rings (SSSR count). The van der Waals surface area contributed by atoms with Gasteiger partial charge in [-0.25, -0.2) is 4.98 Å². The van der Waals surface area contributed by atoms with Gasteiger partial charge in [-0.1, -0.05) is 30.3 Å². The molecule has 0 aliphatic rings. The van der Waals surface area contributed by atoms with Crippen LogP contribution in [-0.2, 0) is 11.3 Å². The third-order valence-corrected chi connectivity index (χ3v) is 3.38. The molecule has 5 heteroatoms. The van der Waals surface area contributed by atoms with Crippen molar-refractivity contribution in [2.45, 2.75) is 6.61 Å². The molecule has 1 heterocycles. The summed E-state index contributed by atoms with van der Waals surface area (Å²) < 4.78 is 5.00. The Hall–Kier alpha value is -1.72. The number of methoxy groups -OCH3 is 1. The number of aromatic nitrogens is 1. The number of primary amides is 1. The molecule has 0 aliphatic carbocycles. The van der Waals surface area contributed by atoms with Crippen LogP contribution >= 0.6 is 11.3 Å². The average molecular weight is 248 g/mol. The number of thiazole rings is 1. The van der Waals surface area contributed by atoms with Crippen molar-refractivity contribution in [1.82, 2.24) is 4.98 Å². The largest absolute Gasteiger partial charge is 0.378 e. The zero-order valence-corrected chi connectivity index (χ0v) is 10.2. The Morgan fingerprint density at radius 3 is 2.71 bits per heavy atom. The number of hydrogen-bond acceptors (Lipinski definition) is 4. The van der Waals surface area contributed by atoms with Crippen LogP contribution in [0.5, 0.6) is 0 Å². The molecule has 0 aliphatic heterocycles. The van der Waals surface area contributed by atoms with Crippen molar-refractivity contribution in [3.05, 3.63) is 40.9 Å². The number of rotatable bonds is 4. The van der Waals surface area contributed by atoms with E-state index in [1.165, 1.54) is 11.3 Å². The van der Waals surface area contributed by atoms with Crippen LogP contribution in [0.4, 0.5) is 0 Å². The number of nitrogens with zero attached hydrogens (tertiary/aromatic N) is 1. The Labute approximate surface area is 103 Å². The minimum atomic E-state index is -0.461. The lowest BCUT2D eigenvalue weighted by Crippen LogP contribution is -2.11. The first-order valence-corrected chi connectivity index (χ1v) is 5.88. The molecule has 1 aromatic carbocycles. The number of carbonyl (C=O) groups is 1. The van der Waals surface area contributed by atoms with Gasteiger partial charge in [-0.05, 0) is 0 Å². The first kappa shape index (κ1) is 11.8. The van der Waals surface area contributed by atoms with Crippen molar-refractivity contribution in [3.63, 3.8) is 0 Å². The van der Waals surface area contributed by atoms with Gasteiger partial charge in [0.2, 0.25) is 0 Å². The van der Waals surface area contributed by atoms with Crippen LogP contribution in [0.15, 0.2) is 30.3 Å². The van der Waals surface area contributed by atoms with E-state index >= 15 is 0 Å². The van der Waals surface area contributed by atoms with Gasteiger partial charge < -0.3 is 10.5 Å². The van der Waals surface area contributed by atoms with Crippen molar-refractivity contribution in [2.75, 3.05) is 7.11 Å². The van der Waals surface area contributed by atoms with Crippen LogP contribution in [-0.4, -0.2) is 18.0 Å². The standard InChI is InChI=1S/C12H12N2O2S/c1-16-7-9-10(11(13)15)17-12(14-9)8-5-3-2-4-6-8/h2-6H,7H2,1H3,(H2,13,15). The molecule has 0 saturated carbocycles. The molecular weight excluding hydrogens is 236 g/mol. The Balaban J connectivity index is 2.44. The Morgan fingerprint density at radius 2 is 2.12 bits per heavy atom. The van der Waals surface area contributed by atoms with Crippen LogP contribution < -0.4 is 5.73 Å². The summed E-state index contributed by atoms with van der Waals surface area (Å²) in [7, 11) is 1.56. The fourth-order valence-corrected chi connectivity index (χ4v) is 2.41. The van der Waals surface area contributed by atoms with E-state index in [4.69, 9.17) is 10.5 Å². The van der Waals surface area contributed by atoms with Crippen molar-refractivity contribution in [1.29, 1.82) is 0 Å². The lowest BCUT2D eigenvalue weighted by molar-refractivity contribution is 0.0999.